The Labute approximate surface area is 120 Å². The number of hydrogen-bond acceptors (Lipinski definition) is 7. The van der Waals surface area contributed by atoms with E-state index in [1.54, 1.807) is 18.2 Å². The van der Waals surface area contributed by atoms with Crippen LogP contribution in [0.2, 0.25) is 0 Å². The van der Waals surface area contributed by atoms with Crippen molar-refractivity contribution in [1.29, 1.82) is 0 Å². The molecule has 21 heavy (non-hydrogen) atoms. The van der Waals surface area contributed by atoms with E-state index in [-0.39, 0.29) is 12.5 Å². The van der Waals surface area contributed by atoms with Gasteiger partial charge in [0.15, 0.2) is 17.3 Å². The van der Waals surface area contributed by atoms with Gasteiger partial charge in [-0.05, 0) is 12.1 Å². The van der Waals surface area contributed by atoms with Crippen LogP contribution in [0, 0.1) is 0 Å². The molecule has 0 spiro atoms. The smallest absolute Gasteiger partial charge is 0.238 e. The summed E-state index contributed by atoms with van der Waals surface area (Å²) in [6.07, 6.45) is 1.24. The van der Waals surface area contributed by atoms with Crippen LogP contribution >= 0.6 is 0 Å². The second-order valence-corrected chi connectivity index (χ2v) is 4.36. The van der Waals surface area contributed by atoms with Crippen LogP contribution in [0.1, 0.15) is 5.82 Å². The van der Waals surface area contributed by atoms with Crippen LogP contribution < -0.4 is 20.1 Å². The number of fused-ring (bicyclic) bond motifs is 1. The van der Waals surface area contributed by atoms with Gasteiger partial charge in [0.25, 0.3) is 0 Å². The highest BCUT2D eigenvalue weighted by atomic mass is 16.6. The largest absolute Gasteiger partial charge is 0.486 e. The second kappa shape index (κ2) is 6.23. The number of anilines is 1. The lowest BCUT2D eigenvalue weighted by Crippen LogP contribution is -2.28. The zero-order valence-electron chi connectivity index (χ0n) is 11.2. The third-order valence-corrected chi connectivity index (χ3v) is 2.80. The Morgan fingerprint density at radius 1 is 1.24 bits per heavy atom. The molecule has 0 aliphatic carbocycles. The van der Waals surface area contributed by atoms with Gasteiger partial charge in [-0.2, -0.15) is 4.98 Å². The molecule has 0 unspecified atom stereocenters. The number of amides is 1. The summed E-state index contributed by atoms with van der Waals surface area (Å²) in [7, 11) is 0. The van der Waals surface area contributed by atoms with E-state index in [9.17, 15) is 4.79 Å². The van der Waals surface area contributed by atoms with E-state index in [1.807, 2.05) is 0 Å². The summed E-state index contributed by atoms with van der Waals surface area (Å²) in [5, 5.41) is 9.32. The van der Waals surface area contributed by atoms with Crippen molar-refractivity contribution in [2.45, 2.75) is 6.54 Å². The molecular weight excluding hydrogens is 276 g/mol. The summed E-state index contributed by atoms with van der Waals surface area (Å²) < 4.78 is 15.5. The molecule has 1 aromatic heterocycles. The van der Waals surface area contributed by atoms with E-state index < -0.39 is 0 Å². The van der Waals surface area contributed by atoms with Crippen LogP contribution in [0.25, 0.3) is 0 Å². The van der Waals surface area contributed by atoms with E-state index in [0.717, 1.165) is 0 Å². The van der Waals surface area contributed by atoms with Gasteiger partial charge in [-0.25, -0.2) is 0 Å². The van der Waals surface area contributed by atoms with Gasteiger partial charge in [-0.15, -0.1) is 0 Å². The number of carbonyl (C=O) groups is 1. The highest BCUT2D eigenvalue weighted by molar-refractivity contribution is 5.92. The maximum Gasteiger partial charge on any atom is 0.238 e. The average molecular weight is 290 g/mol. The molecule has 8 heteroatoms. The zero-order valence-corrected chi connectivity index (χ0v) is 11.2. The van der Waals surface area contributed by atoms with Crippen LogP contribution in [0.4, 0.5) is 5.69 Å². The van der Waals surface area contributed by atoms with E-state index in [2.05, 4.69) is 25.3 Å². The Morgan fingerprint density at radius 3 is 2.90 bits per heavy atom. The van der Waals surface area contributed by atoms with Crippen molar-refractivity contribution in [2.24, 2.45) is 0 Å². The molecule has 8 nitrogen and oxygen atoms in total. The number of carbonyl (C=O) groups excluding carboxylic acids is 1. The first-order valence-corrected chi connectivity index (χ1v) is 6.47. The molecule has 2 heterocycles. The molecule has 0 fully saturated rings. The maximum absolute atomic E-state index is 11.8. The molecule has 3 rings (SSSR count). The fraction of sp³-hybridized carbons (Fsp3) is 0.308. The highest BCUT2D eigenvalue weighted by Gasteiger charge is 2.12. The monoisotopic (exact) mass is 290 g/mol. The summed E-state index contributed by atoms with van der Waals surface area (Å²) >= 11 is 0. The lowest BCUT2D eigenvalue weighted by molar-refractivity contribution is -0.115. The first kappa shape index (κ1) is 13.4. The van der Waals surface area contributed by atoms with Gasteiger partial charge in [0.05, 0.1) is 13.1 Å². The molecule has 0 atom stereocenters. The van der Waals surface area contributed by atoms with Gasteiger partial charge >= 0.3 is 0 Å². The Balaban J connectivity index is 1.50. The van der Waals surface area contributed by atoms with E-state index in [4.69, 9.17) is 9.47 Å². The molecule has 0 saturated heterocycles. The van der Waals surface area contributed by atoms with Gasteiger partial charge in [-0.1, -0.05) is 5.16 Å². The Bertz CT molecular complexity index is 615. The molecule has 0 radical (unpaired) electrons. The third-order valence-electron chi connectivity index (χ3n) is 2.80. The van der Waals surface area contributed by atoms with E-state index >= 15 is 0 Å². The number of nitrogens with zero attached hydrogens (tertiary/aromatic N) is 2. The van der Waals surface area contributed by atoms with Crippen molar-refractivity contribution in [2.75, 3.05) is 25.1 Å². The summed E-state index contributed by atoms with van der Waals surface area (Å²) in [4.78, 5) is 15.6. The number of ether oxygens (including phenoxy) is 2. The third kappa shape index (κ3) is 3.48. The highest BCUT2D eigenvalue weighted by Crippen LogP contribution is 2.32. The standard InChI is InChI=1S/C13H14N4O4/c18-13(7-14-6-12-15-8-21-17-12)16-9-1-2-10-11(5-9)20-4-3-19-10/h1-2,5,8,14H,3-4,6-7H2,(H,16,18). The van der Waals surface area contributed by atoms with Gasteiger partial charge in [-0.3, -0.25) is 4.79 Å². The van der Waals surface area contributed by atoms with Crippen LogP contribution in [0.5, 0.6) is 11.5 Å². The molecule has 110 valence electrons. The normalized spacial score (nSPS) is 13.0. The van der Waals surface area contributed by atoms with Crippen molar-refractivity contribution >= 4 is 11.6 Å². The van der Waals surface area contributed by atoms with E-state index in [1.165, 1.54) is 6.39 Å². The van der Waals surface area contributed by atoms with Gasteiger partial charge in [0.2, 0.25) is 12.3 Å². The fourth-order valence-electron chi connectivity index (χ4n) is 1.88. The SMILES string of the molecule is O=C(CNCc1ncon1)Nc1ccc2c(c1)OCCO2. The first-order valence-electron chi connectivity index (χ1n) is 6.47. The Hall–Kier alpha value is -2.61. The number of benzene rings is 1. The summed E-state index contributed by atoms with van der Waals surface area (Å²) in [5.41, 5.74) is 0.658. The topological polar surface area (TPSA) is 98.5 Å². The zero-order chi connectivity index (χ0) is 14.5. The van der Waals surface area contributed by atoms with Crippen LogP contribution in [0.3, 0.4) is 0 Å². The lowest BCUT2D eigenvalue weighted by atomic mass is 10.2. The van der Waals surface area contributed by atoms with Gasteiger partial charge in [0, 0.05) is 11.8 Å². The molecule has 1 amide bonds. The predicted molar refractivity (Wildman–Crippen MR) is 72.1 cm³/mol. The molecule has 1 aliphatic rings. The fourth-order valence-corrected chi connectivity index (χ4v) is 1.88. The quantitative estimate of drug-likeness (QED) is 0.830. The van der Waals surface area contributed by atoms with Gasteiger partial charge in [0.1, 0.15) is 13.2 Å². The Morgan fingerprint density at radius 2 is 2.10 bits per heavy atom. The minimum absolute atomic E-state index is 0.142. The molecular formula is C13H14N4O4. The number of hydrogen-bond donors (Lipinski definition) is 2. The second-order valence-electron chi connectivity index (χ2n) is 4.36. The van der Waals surface area contributed by atoms with Crippen molar-refractivity contribution in [1.82, 2.24) is 15.5 Å². The maximum atomic E-state index is 11.8. The number of aromatic nitrogens is 2. The van der Waals surface area contributed by atoms with Crippen LogP contribution in [0.15, 0.2) is 29.1 Å². The van der Waals surface area contributed by atoms with E-state index in [0.29, 0.717) is 42.8 Å². The molecule has 2 aromatic rings. The molecule has 1 aliphatic heterocycles. The summed E-state index contributed by atoms with van der Waals surface area (Å²) in [6.45, 7) is 1.56. The van der Waals surface area contributed by atoms with Crippen LogP contribution in [-0.4, -0.2) is 35.8 Å². The molecule has 2 N–H and O–H groups in total. The number of nitrogens with one attached hydrogen (secondary N) is 2. The predicted octanol–water partition coefficient (Wildman–Crippen LogP) is 0.569. The minimum Gasteiger partial charge on any atom is -0.486 e. The van der Waals surface area contributed by atoms with Crippen molar-refractivity contribution < 1.29 is 18.8 Å². The minimum atomic E-state index is -0.171. The average Bonchev–Trinajstić information content (AvgIpc) is 3.00. The summed E-state index contributed by atoms with van der Waals surface area (Å²) in [5.74, 6) is 1.66. The lowest BCUT2D eigenvalue weighted by Gasteiger charge is -2.19. The molecule has 1 aromatic carbocycles. The molecule has 0 bridgehead atoms. The van der Waals surface area contributed by atoms with Crippen molar-refractivity contribution in [3.63, 3.8) is 0 Å². The van der Waals surface area contributed by atoms with Crippen molar-refractivity contribution in [3.8, 4) is 11.5 Å². The first-order chi connectivity index (χ1) is 10.3. The Kier molecular flexibility index (Phi) is 3.97. The number of rotatable bonds is 5. The van der Waals surface area contributed by atoms with Crippen molar-refractivity contribution in [3.05, 3.63) is 30.4 Å². The van der Waals surface area contributed by atoms with Crippen LogP contribution in [-0.2, 0) is 11.3 Å². The summed E-state index contributed by atoms with van der Waals surface area (Å²) in [6, 6.07) is 5.28. The molecule has 0 saturated carbocycles. The van der Waals surface area contributed by atoms with Gasteiger partial charge < -0.3 is 24.6 Å².